The number of rotatable bonds is 3. The number of ether oxygens (including phenoxy) is 2. The molecule has 0 saturated carbocycles. The molecule has 1 N–H and O–H groups in total. The summed E-state index contributed by atoms with van der Waals surface area (Å²) >= 11 is 5.76. The van der Waals surface area contributed by atoms with E-state index in [-0.39, 0.29) is 23.8 Å². The second-order valence-electron chi connectivity index (χ2n) is 4.91. The van der Waals surface area contributed by atoms with Crippen molar-refractivity contribution in [3.63, 3.8) is 0 Å². The number of fused-ring (bicyclic) bond motifs is 1. The average Bonchev–Trinajstić information content (AvgIpc) is 2.98. The molecule has 1 amide bonds. The van der Waals surface area contributed by atoms with Gasteiger partial charge in [-0.2, -0.15) is 0 Å². The van der Waals surface area contributed by atoms with E-state index in [9.17, 15) is 9.18 Å². The van der Waals surface area contributed by atoms with E-state index in [1.807, 2.05) is 0 Å². The maximum atomic E-state index is 13.2. The van der Waals surface area contributed by atoms with Crippen LogP contribution in [-0.2, 0) is 0 Å². The summed E-state index contributed by atoms with van der Waals surface area (Å²) in [5, 5.41) is 2.86. The highest BCUT2D eigenvalue weighted by Crippen LogP contribution is 2.35. The van der Waals surface area contributed by atoms with E-state index in [2.05, 4.69) is 5.32 Å². The number of amides is 1. The van der Waals surface area contributed by atoms with Gasteiger partial charge in [-0.05, 0) is 36.8 Å². The molecule has 0 aromatic heterocycles. The van der Waals surface area contributed by atoms with Crippen LogP contribution in [0.3, 0.4) is 0 Å². The maximum Gasteiger partial charge on any atom is 0.255 e. The van der Waals surface area contributed by atoms with E-state index in [1.54, 1.807) is 31.2 Å². The number of benzene rings is 2. The van der Waals surface area contributed by atoms with Gasteiger partial charge in [0.2, 0.25) is 6.79 Å². The van der Waals surface area contributed by atoms with Gasteiger partial charge >= 0.3 is 0 Å². The van der Waals surface area contributed by atoms with Crippen molar-refractivity contribution in [1.29, 1.82) is 0 Å². The summed E-state index contributed by atoms with van der Waals surface area (Å²) in [6.45, 7) is 1.89. The van der Waals surface area contributed by atoms with Gasteiger partial charge in [0.1, 0.15) is 5.82 Å². The van der Waals surface area contributed by atoms with Crippen molar-refractivity contribution in [3.05, 3.63) is 58.4 Å². The molecular weight excluding hydrogens is 309 g/mol. The predicted octanol–water partition coefficient (Wildman–Crippen LogP) is 3.70. The first-order chi connectivity index (χ1) is 10.6. The Morgan fingerprint density at radius 3 is 2.91 bits per heavy atom. The predicted molar refractivity (Wildman–Crippen MR) is 79.9 cm³/mol. The third-order valence-electron chi connectivity index (χ3n) is 3.43. The zero-order valence-corrected chi connectivity index (χ0v) is 12.5. The van der Waals surface area contributed by atoms with Crippen molar-refractivity contribution in [2.24, 2.45) is 0 Å². The van der Waals surface area contributed by atoms with E-state index in [0.29, 0.717) is 22.6 Å². The summed E-state index contributed by atoms with van der Waals surface area (Å²) in [5.41, 5.74) is 1.11. The van der Waals surface area contributed by atoms with Crippen molar-refractivity contribution < 1.29 is 18.7 Å². The van der Waals surface area contributed by atoms with Crippen LogP contribution in [0.5, 0.6) is 11.5 Å². The molecule has 0 bridgehead atoms. The van der Waals surface area contributed by atoms with Crippen molar-refractivity contribution in [1.82, 2.24) is 5.32 Å². The highest BCUT2D eigenvalue weighted by Gasteiger charge is 2.23. The molecule has 22 heavy (non-hydrogen) atoms. The van der Waals surface area contributed by atoms with Gasteiger partial charge in [-0.3, -0.25) is 4.79 Å². The van der Waals surface area contributed by atoms with Gasteiger partial charge in [0.25, 0.3) is 5.91 Å². The Balaban J connectivity index is 1.79. The highest BCUT2D eigenvalue weighted by molar-refractivity contribution is 6.30. The van der Waals surface area contributed by atoms with Crippen LogP contribution in [0.1, 0.15) is 28.9 Å². The molecule has 1 unspecified atom stereocenters. The van der Waals surface area contributed by atoms with Gasteiger partial charge in [0, 0.05) is 0 Å². The molecule has 114 valence electrons. The SMILES string of the molecule is CC(NC(=O)c1cccc2c1OCO2)c1ccc(F)c(Cl)c1. The Hall–Kier alpha value is -2.27. The van der Waals surface area contributed by atoms with E-state index >= 15 is 0 Å². The molecule has 1 heterocycles. The molecule has 0 spiro atoms. The number of carbonyl (C=O) groups excluding carboxylic acids is 1. The second-order valence-corrected chi connectivity index (χ2v) is 5.32. The third-order valence-corrected chi connectivity index (χ3v) is 3.72. The Morgan fingerprint density at radius 2 is 2.14 bits per heavy atom. The molecule has 1 aliphatic rings. The first-order valence-electron chi connectivity index (χ1n) is 6.70. The first-order valence-corrected chi connectivity index (χ1v) is 7.08. The number of halogens is 2. The first kappa shape index (κ1) is 14.7. The largest absolute Gasteiger partial charge is 0.454 e. The summed E-state index contributed by atoms with van der Waals surface area (Å²) in [6, 6.07) is 9.15. The van der Waals surface area contributed by atoms with E-state index in [0.717, 1.165) is 0 Å². The fraction of sp³-hybridized carbons (Fsp3) is 0.188. The van der Waals surface area contributed by atoms with Crippen LogP contribution >= 0.6 is 11.6 Å². The number of hydrogen-bond acceptors (Lipinski definition) is 3. The van der Waals surface area contributed by atoms with Gasteiger partial charge < -0.3 is 14.8 Å². The van der Waals surface area contributed by atoms with Gasteiger partial charge in [-0.1, -0.05) is 23.7 Å². The van der Waals surface area contributed by atoms with E-state index < -0.39 is 5.82 Å². The molecule has 2 aromatic rings. The smallest absolute Gasteiger partial charge is 0.255 e. The van der Waals surface area contributed by atoms with Crippen LogP contribution in [0.4, 0.5) is 4.39 Å². The normalized spacial score (nSPS) is 13.8. The monoisotopic (exact) mass is 321 g/mol. The van der Waals surface area contributed by atoms with Crippen LogP contribution in [0, 0.1) is 5.82 Å². The number of carbonyl (C=O) groups is 1. The summed E-state index contributed by atoms with van der Waals surface area (Å²) < 4.78 is 23.8. The highest BCUT2D eigenvalue weighted by atomic mass is 35.5. The van der Waals surface area contributed by atoms with E-state index in [4.69, 9.17) is 21.1 Å². The van der Waals surface area contributed by atoms with E-state index in [1.165, 1.54) is 12.1 Å². The quantitative estimate of drug-likeness (QED) is 0.937. The maximum absolute atomic E-state index is 13.2. The van der Waals surface area contributed by atoms with Gasteiger partial charge in [-0.15, -0.1) is 0 Å². The summed E-state index contributed by atoms with van der Waals surface area (Å²) in [7, 11) is 0. The molecule has 0 saturated heterocycles. The zero-order valence-electron chi connectivity index (χ0n) is 11.7. The lowest BCUT2D eigenvalue weighted by Gasteiger charge is -2.15. The standard InChI is InChI=1S/C16H13ClFNO3/c1-9(10-5-6-13(18)12(17)7-10)19-16(20)11-3-2-4-14-15(11)22-8-21-14/h2-7,9H,8H2,1H3,(H,19,20). The Kier molecular flexibility index (Phi) is 3.90. The fourth-order valence-corrected chi connectivity index (χ4v) is 2.44. The van der Waals surface area contributed by atoms with Crippen LogP contribution in [0.25, 0.3) is 0 Å². The lowest BCUT2D eigenvalue weighted by atomic mass is 10.1. The minimum absolute atomic E-state index is 0.0240. The molecular formula is C16H13ClFNO3. The summed E-state index contributed by atoms with van der Waals surface area (Å²) in [4.78, 5) is 12.4. The molecule has 0 radical (unpaired) electrons. The van der Waals surface area contributed by atoms with Gasteiger partial charge in [-0.25, -0.2) is 4.39 Å². The lowest BCUT2D eigenvalue weighted by molar-refractivity contribution is 0.0935. The van der Waals surface area contributed by atoms with Crippen molar-refractivity contribution >= 4 is 17.5 Å². The van der Waals surface area contributed by atoms with Crippen molar-refractivity contribution in [2.75, 3.05) is 6.79 Å². The van der Waals surface area contributed by atoms with Crippen LogP contribution in [-0.4, -0.2) is 12.7 Å². The van der Waals surface area contributed by atoms with Crippen LogP contribution < -0.4 is 14.8 Å². The fourth-order valence-electron chi connectivity index (χ4n) is 2.25. The number of para-hydroxylation sites is 1. The van der Waals surface area contributed by atoms with Crippen molar-refractivity contribution in [3.8, 4) is 11.5 Å². The summed E-state index contributed by atoms with van der Waals surface area (Å²) in [5.74, 6) is 0.195. The lowest BCUT2D eigenvalue weighted by Crippen LogP contribution is -2.26. The topological polar surface area (TPSA) is 47.6 Å². The Labute approximate surface area is 131 Å². The molecule has 6 heteroatoms. The molecule has 1 aliphatic heterocycles. The summed E-state index contributed by atoms with van der Waals surface area (Å²) in [6.07, 6.45) is 0. The van der Waals surface area contributed by atoms with Crippen LogP contribution in [0.15, 0.2) is 36.4 Å². The molecule has 2 aromatic carbocycles. The minimum atomic E-state index is -0.490. The molecule has 3 rings (SSSR count). The minimum Gasteiger partial charge on any atom is -0.454 e. The zero-order chi connectivity index (χ0) is 15.7. The van der Waals surface area contributed by atoms with Crippen molar-refractivity contribution in [2.45, 2.75) is 13.0 Å². The van der Waals surface area contributed by atoms with Crippen LogP contribution in [0.2, 0.25) is 5.02 Å². The molecule has 0 aliphatic carbocycles. The average molecular weight is 322 g/mol. The number of hydrogen-bond donors (Lipinski definition) is 1. The molecule has 4 nitrogen and oxygen atoms in total. The number of nitrogens with one attached hydrogen (secondary N) is 1. The van der Waals surface area contributed by atoms with Gasteiger partial charge in [0.15, 0.2) is 11.5 Å². The Morgan fingerprint density at radius 1 is 1.32 bits per heavy atom. The molecule has 1 atom stereocenters. The Bertz CT molecular complexity index is 735. The molecule has 0 fully saturated rings. The third kappa shape index (κ3) is 2.72. The second kappa shape index (κ2) is 5.85. The van der Waals surface area contributed by atoms with Gasteiger partial charge in [0.05, 0.1) is 16.6 Å².